The summed E-state index contributed by atoms with van der Waals surface area (Å²) in [5.41, 5.74) is 1.04. The fourth-order valence-electron chi connectivity index (χ4n) is 5.39. The molecular weight excluding hydrogens is 394 g/mol. The highest BCUT2D eigenvalue weighted by Gasteiger charge is 2.70. The van der Waals surface area contributed by atoms with Crippen LogP contribution in [-0.4, -0.2) is 35.8 Å². The first-order valence-electron chi connectivity index (χ1n) is 10.5. The number of carbonyl (C=O) groups excluding carboxylic acids is 3. The Bertz CT molecular complexity index is 1080. The zero-order valence-corrected chi connectivity index (χ0v) is 17.7. The number of ether oxygens (including phenoxy) is 1. The number of benzene rings is 2. The van der Waals surface area contributed by atoms with Gasteiger partial charge in [-0.15, -0.1) is 0 Å². The molecular formula is C24H25N3O4. The van der Waals surface area contributed by atoms with Gasteiger partial charge in [-0.05, 0) is 29.7 Å². The number of para-hydroxylation sites is 1. The summed E-state index contributed by atoms with van der Waals surface area (Å²) in [6.45, 7) is 4.20. The van der Waals surface area contributed by atoms with E-state index in [-0.39, 0.29) is 36.2 Å². The second kappa shape index (κ2) is 6.92. The van der Waals surface area contributed by atoms with Crippen molar-refractivity contribution < 1.29 is 19.1 Å². The van der Waals surface area contributed by atoms with Gasteiger partial charge < -0.3 is 10.1 Å². The SMILES string of the molecule is COc1ccc(CN2C(=O)[C@@H]3[C@@H](C(C)C)N[C@@]4(C(=O)Nc5ccccc54)[C@H]3C2=O)cc1. The van der Waals surface area contributed by atoms with Gasteiger partial charge in [0.15, 0.2) is 0 Å². The van der Waals surface area contributed by atoms with Crippen LogP contribution in [0.3, 0.4) is 0 Å². The van der Waals surface area contributed by atoms with Crippen LogP contribution in [0, 0.1) is 17.8 Å². The van der Waals surface area contributed by atoms with Crippen LogP contribution in [0.25, 0.3) is 0 Å². The van der Waals surface area contributed by atoms with E-state index >= 15 is 0 Å². The van der Waals surface area contributed by atoms with E-state index in [1.54, 1.807) is 7.11 Å². The molecule has 7 heteroatoms. The number of imide groups is 1. The summed E-state index contributed by atoms with van der Waals surface area (Å²) in [7, 11) is 1.59. The van der Waals surface area contributed by atoms with Crippen molar-refractivity contribution in [3.63, 3.8) is 0 Å². The molecule has 5 rings (SSSR count). The molecule has 7 nitrogen and oxygen atoms in total. The number of hydrogen-bond acceptors (Lipinski definition) is 5. The first-order valence-corrected chi connectivity index (χ1v) is 10.5. The molecule has 2 aromatic carbocycles. The lowest BCUT2D eigenvalue weighted by Crippen LogP contribution is -2.53. The number of rotatable bonds is 4. The Labute approximate surface area is 180 Å². The van der Waals surface area contributed by atoms with E-state index in [1.807, 2.05) is 62.4 Å². The van der Waals surface area contributed by atoms with Gasteiger partial charge in [0, 0.05) is 17.3 Å². The lowest BCUT2D eigenvalue weighted by Gasteiger charge is -2.30. The van der Waals surface area contributed by atoms with Gasteiger partial charge in [-0.2, -0.15) is 0 Å². The van der Waals surface area contributed by atoms with Crippen LogP contribution in [-0.2, 0) is 26.5 Å². The van der Waals surface area contributed by atoms with Gasteiger partial charge in [0.2, 0.25) is 17.7 Å². The molecule has 3 aliphatic heterocycles. The van der Waals surface area contributed by atoms with Crippen molar-refractivity contribution in [2.45, 2.75) is 32.0 Å². The molecule has 2 N–H and O–H groups in total. The molecule has 1 spiro atoms. The standard InChI is InChI=1S/C24H25N3O4/c1-13(2)20-18-19(24(26-20)16-6-4-5-7-17(16)25-23(24)30)22(29)27(21(18)28)12-14-8-10-15(31-3)11-9-14/h4-11,13,18-20,26H,12H2,1-3H3,(H,25,30)/t18-,19+,20+,24+/m0/s1. The molecule has 2 aromatic rings. The summed E-state index contributed by atoms with van der Waals surface area (Å²) in [6.07, 6.45) is 0. The minimum absolute atomic E-state index is 0.0742. The topological polar surface area (TPSA) is 87.7 Å². The molecule has 3 amide bonds. The number of likely N-dealkylation sites (tertiary alicyclic amines) is 1. The normalized spacial score (nSPS) is 29.0. The third-order valence-corrected chi connectivity index (χ3v) is 6.87. The molecule has 3 heterocycles. The van der Waals surface area contributed by atoms with Gasteiger partial charge in [0.05, 0.1) is 25.5 Å². The van der Waals surface area contributed by atoms with Crippen LogP contribution in [0.1, 0.15) is 25.0 Å². The number of hydrogen-bond donors (Lipinski definition) is 2. The molecule has 31 heavy (non-hydrogen) atoms. The molecule has 0 aliphatic carbocycles. The molecule has 2 fully saturated rings. The maximum Gasteiger partial charge on any atom is 0.250 e. The Morgan fingerprint density at radius 2 is 1.74 bits per heavy atom. The van der Waals surface area contributed by atoms with Crippen molar-refractivity contribution in [3.05, 3.63) is 59.7 Å². The number of anilines is 1. The van der Waals surface area contributed by atoms with E-state index < -0.39 is 17.4 Å². The maximum absolute atomic E-state index is 13.7. The Morgan fingerprint density at radius 1 is 1.03 bits per heavy atom. The van der Waals surface area contributed by atoms with E-state index in [9.17, 15) is 14.4 Å². The first kappa shape index (κ1) is 19.8. The summed E-state index contributed by atoms with van der Waals surface area (Å²) < 4.78 is 5.19. The number of amides is 3. The van der Waals surface area contributed by atoms with Gasteiger partial charge in [0.25, 0.3) is 0 Å². The van der Waals surface area contributed by atoms with Gasteiger partial charge in [-0.1, -0.05) is 44.2 Å². The van der Waals surface area contributed by atoms with E-state index in [0.717, 1.165) is 11.1 Å². The summed E-state index contributed by atoms with van der Waals surface area (Å²) in [6, 6.07) is 14.4. The van der Waals surface area contributed by atoms with Crippen molar-refractivity contribution >= 4 is 23.4 Å². The molecule has 0 aromatic heterocycles. The number of nitrogens with zero attached hydrogens (tertiary/aromatic N) is 1. The zero-order chi connectivity index (χ0) is 21.9. The van der Waals surface area contributed by atoms with E-state index in [4.69, 9.17) is 4.74 Å². The average molecular weight is 419 g/mol. The molecule has 3 aliphatic rings. The third-order valence-electron chi connectivity index (χ3n) is 6.87. The predicted molar refractivity (Wildman–Crippen MR) is 114 cm³/mol. The summed E-state index contributed by atoms with van der Waals surface area (Å²) in [5, 5.41) is 6.35. The number of methoxy groups -OCH3 is 1. The first-order chi connectivity index (χ1) is 14.9. The Kier molecular flexibility index (Phi) is 4.41. The molecule has 4 atom stereocenters. The average Bonchev–Trinajstić information content (AvgIpc) is 3.35. The second-order valence-electron chi connectivity index (χ2n) is 8.84. The van der Waals surface area contributed by atoms with Crippen molar-refractivity contribution in [2.24, 2.45) is 17.8 Å². The number of nitrogens with one attached hydrogen (secondary N) is 2. The second-order valence-corrected chi connectivity index (χ2v) is 8.84. The fourth-order valence-corrected chi connectivity index (χ4v) is 5.39. The Morgan fingerprint density at radius 3 is 2.42 bits per heavy atom. The summed E-state index contributed by atoms with van der Waals surface area (Å²) in [5.74, 6) is -1.34. The quantitative estimate of drug-likeness (QED) is 0.743. The summed E-state index contributed by atoms with van der Waals surface area (Å²) in [4.78, 5) is 41.8. The van der Waals surface area contributed by atoms with Crippen molar-refractivity contribution in [1.29, 1.82) is 0 Å². The molecule has 0 saturated carbocycles. The molecule has 0 radical (unpaired) electrons. The van der Waals surface area contributed by atoms with E-state index in [2.05, 4.69) is 10.6 Å². The number of fused-ring (bicyclic) bond motifs is 4. The van der Waals surface area contributed by atoms with E-state index in [0.29, 0.717) is 11.4 Å². The van der Waals surface area contributed by atoms with Crippen molar-refractivity contribution in [3.8, 4) is 5.75 Å². The van der Waals surface area contributed by atoms with Gasteiger partial charge in [-0.25, -0.2) is 0 Å². The molecule has 2 saturated heterocycles. The van der Waals surface area contributed by atoms with Crippen molar-refractivity contribution in [1.82, 2.24) is 10.2 Å². The third kappa shape index (κ3) is 2.66. The lowest BCUT2D eigenvalue weighted by molar-refractivity contribution is -0.143. The predicted octanol–water partition coefficient (Wildman–Crippen LogP) is 2.27. The minimum Gasteiger partial charge on any atom is -0.497 e. The van der Waals surface area contributed by atoms with Crippen LogP contribution in [0.4, 0.5) is 5.69 Å². The van der Waals surface area contributed by atoms with Crippen LogP contribution in [0.5, 0.6) is 5.75 Å². The van der Waals surface area contributed by atoms with Gasteiger partial charge in [0.1, 0.15) is 11.3 Å². The highest BCUT2D eigenvalue weighted by Crippen LogP contribution is 2.54. The Balaban J connectivity index is 1.56. The van der Waals surface area contributed by atoms with Crippen LogP contribution in [0.2, 0.25) is 0 Å². The fraction of sp³-hybridized carbons (Fsp3) is 0.375. The van der Waals surface area contributed by atoms with Crippen LogP contribution >= 0.6 is 0 Å². The van der Waals surface area contributed by atoms with Crippen LogP contribution in [0.15, 0.2) is 48.5 Å². The molecule has 0 unspecified atom stereocenters. The van der Waals surface area contributed by atoms with E-state index in [1.165, 1.54) is 4.90 Å². The van der Waals surface area contributed by atoms with Gasteiger partial charge >= 0.3 is 0 Å². The van der Waals surface area contributed by atoms with Crippen LogP contribution < -0.4 is 15.4 Å². The largest absolute Gasteiger partial charge is 0.497 e. The summed E-state index contributed by atoms with van der Waals surface area (Å²) >= 11 is 0. The number of carbonyl (C=O) groups is 3. The van der Waals surface area contributed by atoms with Crippen molar-refractivity contribution in [2.75, 3.05) is 12.4 Å². The zero-order valence-electron chi connectivity index (χ0n) is 17.7. The minimum atomic E-state index is -1.22. The molecule has 160 valence electrons. The molecule has 0 bridgehead atoms. The maximum atomic E-state index is 13.7. The lowest BCUT2D eigenvalue weighted by atomic mass is 9.76. The smallest absolute Gasteiger partial charge is 0.250 e. The Hall–Kier alpha value is -3.19. The van der Waals surface area contributed by atoms with Gasteiger partial charge in [-0.3, -0.25) is 24.6 Å². The monoisotopic (exact) mass is 419 g/mol. The highest BCUT2D eigenvalue weighted by atomic mass is 16.5. The highest BCUT2D eigenvalue weighted by molar-refractivity contribution is 6.15.